The van der Waals surface area contributed by atoms with Crippen molar-refractivity contribution >= 4 is 39.7 Å². The molecule has 1 aromatic heterocycles. The molecule has 1 atom stereocenters. The predicted octanol–water partition coefficient (Wildman–Crippen LogP) is 6.35. The van der Waals surface area contributed by atoms with Crippen LogP contribution in [0.3, 0.4) is 0 Å². The van der Waals surface area contributed by atoms with E-state index in [1.54, 1.807) is 6.07 Å². The number of fused-ring (bicyclic) bond motifs is 2. The molecule has 1 aliphatic heterocycles. The van der Waals surface area contributed by atoms with Gasteiger partial charge in [-0.1, -0.05) is 38.1 Å². The molecule has 0 saturated heterocycles. The van der Waals surface area contributed by atoms with E-state index >= 15 is 0 Å². The SMILES string of the molecule is CN(C)c1ccc(C2C3=C(CC(C)(C)CC3=O)Nc3ccccc3N2CC(=O)NCCc2c[nH]c3ccc(F)cc23)cc1. The van der Waals surface area contributed by atoms with Gasteiger partial charge in [-0.3, -0.25) is 9.59 Å². The van der Waals surface area contributed by atoms with Crippen molar-refractivity contribution in [3.63, 3.8) is 0 Å². The minimum atomic E-state index is -0.437. The summed E-state index contributed by atoms with van der Waals surface area (Å²) in [7, 11) is 4.00. The zero-order valence-corrected chi connectivity index (χ0v) is 25.1. The summed E-state index contributed by atoms with van der Waals surface area (Å²) in [5.74, 6) is -0.335. The molecule has 7 nitrogen and oxygen atoms in total. The third-order valence-electron chi connectivity index (χ3n) is 8.49. The van der Waals surface area contributed by atoms with Gasteiger partial charge in [-0.15, -0.1) is 0 Å². The number of carbonyl (C=O) groups excluding carboxylic acids is 2. The van der Waals surface area contributed by atoms with Crippen LogP contribution in [0.1, 0.15) is 43.9 Å². The highest BCUT2D eigenvalue weighted by Gasteiger charge is 2.41. The van der Waals surface area contributed by atoms with Crippen molar-refractivity contribution in [3.05, 3.63) is 101 Å². The first-order valence-electron chi connectivity index (χ1n) is 14.8. The molecule has 4 aromatic rings. The van der Waals surface area contributed by atoms with E-state index in [0.717, 1.165) is 56.8 Å². The molecule has 2 heterocycles. The number of anilines is 3. The number of carbonyl (C=O) groups is 2. The number of benzene rings is 3. The first-order chi connectivity index (χ1) is 20.6. The Hall–Kier alpha value is -4.59. The Morgan fingerprint density at radius 1 is 1.07 bits per heavy atom. The average Bonchev–Trinajstić information content (AvgIpc) is 3.29. The fraction of sp³-hybridized carbons (Fsp3) is 0.314. The lowest BCUT2D eigenvalue weighted by molar-refractivity contribution is -0.120. The number of para-hydroxylation sites is 2. The summed E-state index contributed by atoms with van der Waals surface area (Å²) < 4.78 is 13.9. The molecule has 3 N–H and O–H groups in total. The number of H-pyrrole nitrogens is 1. The van der Waals surface area contributed by atoms with Gasteiger partial charge in [0.05, 0.1) is 24.0 Å². The number of rotatable bonds is 7. The molecule has 6 rings (SSSR count). The Balaban J connectivity index is 1.33. The predicted molar refractivity (Wildman–Crippen MR) is 171 cm³/mol. The molecule has 1 aliphatic carbocycles. The maximum atomic E-state index is 13.9. The zero-order valence-electron chi connectivity index (χ0n) is 25.1. The molecule has 0 spiro atoms. The van der Waals surface area contributed by atoms with E-state index in [0.29, 0.717) is 19.4 Å². The van der Waals surface area contributed by atoms with E-state index in [-0.39, 0.29) is 29.5 Å². The van der Waals surface area contributed by atoms with E-state index < -0.39 is 6.04 Å². The zero-order chi connectivity index (χ0) is 30.3. The van der Waals surface area contributed by atoms with Crippen LogP contribution in [0.25, 0.3) is 10.9 Å². The molecule has 0 radical (unpaired) electrons. The number of aromatic nitrogens is 1. The quantitative estimate of drug-likeness (QED) is 0.238. The van der Waals surface area contributed by atoms with Crippen LogP contribution in [0.4, 0.5) is 21.5 Å². The molecule has 222 valence electrons. The van der Waals surface area contributed by atoms with Crippen LogP contribution in [-0.4, -0.2) is 43.9 Å². The van der Waals surface area contributed by atoms with Crippen molar-refractivity contribution in [1.82, 2.24) is 10.3 Å². The van der Waals surface area contributed by atoms with Crippen LogP contribution in [0.15, 0.2) is 84.2 Å². The van der Waals surface area contributed by atoms with Gasteiger partial charge in [-0.05, 0) is 71.8 Å². The van der Waals surface area contributed by atoms with E-state index in [1.807, 2.05) is 49.5 Å². The highest BCUT2D eigenvalue weighted by Crippen LogP contribution is 2.48. The number of ketones is 1. The Morgan fingerprint density at radius 3 is 2.60 bits per heavy atom. The monoisotopic (exact) mass is 579 g/mol. The van der Waals surface area contributed by atoms with Crippen molar-refractivity contribution in [2.45, 2.75) is 39.2 Å². The molecule has 43 heavy (non-hydrogen) atoms. The average molecular weight is 580 g/mol. The third kappa shape index (κ3) is 5.74. The first kappa shape index (κ1) is 28.5. The normalized spacial score (nSPS) is 17.7. The van der Waals surface area contributed by atoms with Gasteiger partial charge in [0.25, 0.3) is 0 Å². The summed E-state index contributed by atoms with van der Waals surface area (Å²) in [4.78, 5) is 34.8. The number of halogens is 1. The number of nitrogens with zero attached hydrogens (tertiary/aromatic N) is 2. The molecule has 2 aliphatic rings. The van der Waals surface area contributed by atoms with Crippen LogP contribution in [0.2, 0.25) is 0 Å². The molecule has 1 amide bonds. The molecular formula is C35H38FN5O2. The molecule has 3 aromatic carbocycles. The second kappa shape index (κ2) is 11.2. The fourth-order valence-electron chi connectivity index (χ4n) is 6.43. The minimum absolute atomic E-state index is 0.0642. The van der Waals surface area contributed by atoms with Crippen LogP contribution in [0, 0.1) is 11.2 Å². The minimum Gasteiger partial charge on any atom is -0.378 e. The largest absolute Gasteiger partial charge is 0.378 e. The van der Waals surface area contributed by atoms with Crippen LogP contribution in [-0.2, 0) is 16.0 Å². The van der Waals surface area contributed by atoms with Gasteiger partial charge in [0.15, 0.2) is 5.78 Å². The summed E-state index contributed by atoms with van der Waals surface area (Å²) in [5.41, 5.74) is 7.04. The van der Waals surface area contributed by atoms with Crippen molar-refractivity contribution < 1.29 is 14.0 Å². The summed E-state index contributed by atoms with van der Waals surface area (Å²) in [5, 5.41) is 7.50. The topological polar surface area (TPSA) is 80.5 Å². The number of hydrogen-bond acceptors (Lipinski definition) is 5. The first-order valence-corrected chi connectivity index (χ1v) is 14.8. The van der Waals surface area contributed by atoms with E-state index in [2.05, 4.69) is 58.6 Å². The number of hydrogen-bond donors (Lipinski definition) is 3. The van der Waals surface area contributed by atoms with Gasteiger partial charge in [0.1, 0.15) is 5.82 Å². The van der Waals surface area contributed by atoms with Gasteiger partial charge >= 0.3 is 0 Å². The Kier molecular flexibility index (Phi) is 7.46. The molecule has 0 bridgehead atoms. The number of allylic oxidation sites excluding steroid dienone is 1. The number of aromatic amines is 1. The molecule has 1 unspecified atom stereocenters. The van der Waals surface area contributed by atoms with Gasteiger partial charge < -0.3 is 25.4 Å². The Morgan fingerprint density at radius 2 is 1.84 bits per heavy atom. The number of amides is 1. The van der Waals surface area contributed by atoms with Crippen LogP contribution in [0.5, 0.6) is 0 Å². The maximum absolute atomic E-state index is 13.9. The van der Waals surface area contributed by atoms with Gasteiger partial charge in [0.2, 0.25) is 5.91 Å². The Bertz CT molecular complexity index is 1720. The van der Waals surface area contributed by atoms with Crippen LogP contribution < -0.4 is 20.4 Å². The van der Waals surface area contributed by atoms with Gasteiger partial charge in [0, 0.05) is 61.1 Å². The number of Topliss-reactive ketones (excluding diaryl/α,β-unsaturated/α-hetero) is 1. The van der Waals surface area contributed by atoms with Crippen molar-refractivity contribution in [3.8, 4) is 0 Å². The van der Waals surface area contributed by atoms with Crippen LogP contribution >= 0.6 is 0 Å². The van der Waals surface area contributed by atoms with E-state index in [4.69, 9.17) is 0 Å². The summed E-state index contributed by atoms with van der Waals surface area (Å²) in [6, 6.07) is 20.4. The summed E-state index contributed by atoms with van der Waals surface area (Å²) >= 11 is 0. The van der Waals surface area contributed by atoms with Crippen molar-refractivity contribution in [2.24, 2.45) is 5.41 Å². The standard InChI is InChI=1S/C35H38FN5O2/c1-35(2)18-29-33(31(42)19-35)34(22-9-12-25(13-10-22)40(3)4)41(30-8-6-5-7-28(30)39-29)21-32(43)37-16-15-23-20-38-27-14-11-24(36)17-26(23)27/h5-14,17,20,34,38-39H,15-16,18-19,21H2,1-4H3,(H,37,43). The molecule has 8 heteroatoms. The number of nitrogens with one attached hydrogen (secondary N) is 3. The second-order valence-electron chi connectivity index (χ2n) is 12.6. The van der Waals surface area contributed by atoms with E-state index in [1.165, 1.54) is 12.1 Å². The molecule has 0 fully saturated rings. The summed E-state index contributed by atoms with van der Waals surface area (Å²) in [6.45, 7) is 4.72. The molecule has 0 saturated carbocycles. The second-order valence-corrected chi connectivity index (χ2v) is 12.6. The lowest BCUT2D eigenvalue weighted by Gasteiger charge is -2.38. The third-order valence-corrected chi connectivity index (χ3v) is 8.49. The highest BCUT2D eigenvalue weighted by molar-refractivity contribution is 6.02. The van der Waals surface area contributed by atoms with Crippen molar-refractivity contribution in [2.75, 3.05) is 42.3 Å². The lowest BCUT2D eigenvalue weighted by atomic mass is 9.73. The van der Waals surface area contributed by atoms with E-state index in [9.17, 15) is 14.0 Å². The van der Waals surface area contributed by atoms with Gasteiger partial charge in [-0.2, -0.15) is 0 Å². The van der Waals surface area contributed by atoms with Crippen molar-refractivity contribution in [1.29, 1.82) is 0 Å². The molecular weight excluding hydrogens is 541 g/mol. The maximum Gasteiger partial charge on any atom is 0.239 e. The Labute approximate surface area is 251 Å². The fourth-order valence-corrected chi connectivity index (χ4v) is 6.43. The lowest BCUT2D eigenvalue weighted by Crippen LogP contribution is -2.42. The van der Waals surface area contributed by atoms with Gasteiger partial charge in [-0.25, -0.2) is 4.39 Å². The summed E-state index contributed by atoms with van der Waals surface area (Å²) in [6.07, 6.45) is 3.61. The highest BCUT2D eigenvalue weighted by atomic mass is 19.1. The smallest absolute Gasteiger partial charge is 0.239 e.